The summed E-state index contributed by atoms with van der Waals surface area (Å²) in [5, 5.41) is 9.25. The second-order valence-corrected chi connectivity index (χ2v) is 5.54. The van der Waals surface area contributed by atoms with Crippen LogP contribution in [0.2, 0.25) is 0 Å². The molecule has 1 N–H and O–H groups in total. The molecular formula is C18H18O3. The largest absolute Gasteiger partial charge is 0.478 e. The van der Waals surface area contributed by atoms with Gasteiger partial charge in [0.2, 0.25) is 0 Å². The quantitative estimate of drug-likeness (QED) is 0.909. The normalized spacial score (nSPS) is 13.6. The topological polar surface area (TPSA) is 46.5 Å². The Hall–Kier alpha value is -2.29. The van der Waals surface area contributed by atoms with Crippen molar-refractivity contribution >= 4 is 5.97 Å². The summed E-state index contributed by atoms with van der Waals surface area (Å²) in [6, 6.07) is 11.2. The van der Waals surface area contributed by atoms with Crippen molar-refractivity contribution in [3.63, 3.8) is 0 Å². The molecule has 21 heavy (non-hydrogen) atoms. The molecule has 0 amide bonds. The third-order valence-corrected chi connectivity index (χ3v) is 3.92. The van der Waals surface area contributed by atoms with E-state index in [1.807, 2.05) is 19.1 Å². The summed E-state index contributed by atoms with van der Waals surface area (Å²) in [5.41, 5.74) is 3.88. The zero-order valence-electron chi connectivity index (χ0n) is 12.1. The number of carboxylic acid groups (broad SMARTS) is 1. The van der Waals surface area contributed by atoms with E-state index in [4.69, 9.17) is 4.74 Å². The molecule has 0 saturated heterocycles. The number of rotatable bonds is 3. The molecule has 0 atom stereocenters. The Bertz CT molecular complexity index is 689. The number of ether oxygens (including phenoxy) is 1. The van der Waals surface area contributed by atoms with Gasteiger partial charge in [-0.3, -0.25) is 0 Å². The first kappa shape index (κ1) is 13.7. The lowest BCUT2D eigenvalue weighted by molar-refractivity contribution is 0.0694. The van der Waals surface area contributed by atoms with Gasteiger partial charge in [0, 0.05) is 0 Å². The SMILES string of the molecule is Cc1ccc(C(=O)O)c(Oc2ccc3c(c2)CCCC3)c1. The van der Waals surface area contributed by atoms with E-state index in [0.717, 1.165) is 18.4 Å². The number of fused-ring (bicyclic) bond motifs is 1. The highest BCUT2D eigenvalue weighted by molar-refractivity contribution is 5.91. The van der Waals surface area contributed by atoms with Gasteiger partial charge in [0.1, 0.15) is 17.1 Å². The Balaban J connectivity index is 1.93. The van der Waals surface area contributed by atoms with Gasteiger partial charge in [-0.05, 0) is 73.6 Å². The highest BCUT2D eigenvalue weighted by atomic mass is 16.5. The molecule has 3 rings (SSSR count). The van der Waals surface area contributed by atoms with Gasteiger partial charge in [0.05, 0.1) is 0 Å². The van der Waals surface area contributed by atoms with Crippen LogP contribution in [0.25, 0.3) is 0 Å². The van der Waals surface area contributed by atoms with Crippen LogP contribution >= 0.6 is 0 Å². The number of aromatic carboxylic acids is 1. The first-order chi connectivity index (χ1) is 10.1. The maximum absolute atomic E-state index is 11.3. The fraction of sp³-hybridized carbons (Fsp3) is 0.278. The van der Waals surface area contributed by atoms with Gasteiger partial charge in [-0.2, -0.15) is 0 Å². The number of aryl methyl sites for hydroxylation is 3. The van der Waals surface area contributed by atoms with Gasteiger partial charge in [-0.25, -0.2) is 4.79 Å². The van der Waals surface area contributed by atoms with Crippen molar-refractivity contribution in [1.82, 2.24) is 0 Å². The van der Waals surface area contributed by atoms with Crippen molar-refractivity contribution in [2.75, 3.05) is 0 Å². The minimum absolute atomic E-state index is 0.193. The molecule has 0 saturated carbocycles. The second-order valence-electron chi connectivity index (χ2n) is 5.54. The molecule has 2 aromatic rings. The van der Waals surface area contributed by atoms with E-state index in [1.54, 1.807) is 18.2 Å². The van der Waals surface area contributed by atoms with Gasteiger partial charge >= 0.3 is 5.97 Å². The second kappa shape index (κ2) is 5.60. The van der Waals surface area contributed by atoms with E-state index in [9.17, 15) is 9.90 Å². The molecule has 1 aliphatic carbocycles. The Morgan fingerprint density at radius 1 is 1.05 bits per heavy atom. The zero-order valence-corrected chi connectivity index (χ0v) is 12.1. The summed E-state index contributed by atoms with van der Waals surface area (Å²) in [6.45, 7) is 1.92. The summed E-state index contributed by atoms with van der Waals surface area (Å²) in [5.74, 6) is 0.143. The molecule has 3 nitrogen and oxygen atoms in total. The molecule has 108 valence electrons. The lowest BCUT2D eigenvalue weighted by Crippen LogP contribution is -2.03. The molecular weight excluding hydrogens is 264 g/mol. The van der Waals surface area contributed by atoms with Crippen LogP contribution in [-0.2, 0) is 12.8 Å². The number of hydrogen-bond donors (Lipinski definition) is 1. The molecule has 2 aromatic carbocycles. The average Bonchev–Trinajstić information content (AvgIpc) is 2.47. The number of hydrogen-bond acceptors (Lipinski definition) is 2. The highest BCUT2D eigenvalue weighted by Crippen LogP contribution is 2.30. The van der Waals surface area contributed by atoms with E-state index in [2.05, 4.69) is 6.07 Å². The molecule has 1 aliphatic rings. The Labute approximate surface area is 124 Å². The maximum Gasteiger partial charge on any atom is 0.339 e. The predicted octanol–water partition coefficient (Wildman–Crippen LogP) is 4.36. The van der Waals surface area contributed by atoms with Crippen LogP contribution in [0.15, 0.2) is 36.4 Å². The minimum atomic E-state index is -0.969. The lowest BCUT2D eigenvalue weighted by Gasteiger charge is -2.17. The van der Waals surface area contributed by atoms with Crippen molar-refractivity contribution in [1.29, 1.82) is 0 Å². The Kier molecular flexibility index (Phi) is 3.65. The summed E-state index contributed by atoms with van der Waals surface area (Å²) < 4.78 is 5.84. The van der Waals surface area contributed by atoms with Gasteiger partial charge < -0.3 is 9.84 Å². The van der Waals surface area contributed by atoms with Crippen LogP contribution in [-0.4, -0.2) is 11.1 Å². The van der Waals surface area contributed by atoms with Crippen LogP contribution in [0.4, 0.5) is 0 Å². The molecule has 0 unspecified atom stereocenters. The summed E-state index contributed by atoms with van der Waals surface area (Å²) in [4.78, 5) is 11.3. The summed E-state index contributed by atoms with van der Waals surface area (Å²) >= 11 is 0. The molecule has 0 aliphatic heterocycles. The number of carboxylic acids is 1. The van der Waals surface area contributed by atoms with Gasteiger partial charge in [0.15, 0.2) is 0 Å². The van der Waals surface area contributed by atoms with E-state index >= 15 is 0 Å². The van der Waals surface area contributed by atoms with Crippen LogP contribution in [0.3, 0.4) is 0 Å². The standard InChI is InChI=1S/C18H18O3/c1-12-6-9-16(18(19)20)17(10-12)21-15-8-7-13-4-2-3-5-14(13)11-15/h6-11H,2-5H2,1H3,(H,19,20). The molecule has 0 radical (unpaired) electrons. The van der Waals surface area contributed by atoms with Crippen molar-refractivity contribution in [3.8, 4) is 11.5 Å². The first-order valence-electron chi connectivity index (χ1n) is 7.27. The molecule has 0 aromatic heterocycles. The lowest BCUT2D eigenvalue weighted by atomic mass is 9.92. The van der Waals surface area contributed by atoms with E-state index < -0.39 is 5.97 Å². The van der Waals surface area contributed by atoms with Gasteiger partial charge in [-0.15, -0.1) is 0 Å². The summed E-state index contributed by atoms with van der Waals surface area (Å²) in [7, 11) is 0. The maximum atomic E-state index is 11.3. The third kappa shape index (κ3) is 2.92. The fourth-order valence-electron chi connectivity index (χ4n) is 2.79. The summed E-state index contributed by atoms with van der Waals surface area (Å²) in [6.07, 6.45) is 4.65. The molecule has 0 bridgehead atoms. The fourth-order valence-corrected chi connectivity index (χ4v) is 2.79. The van der Waals surface area contributed by atoms with Crippen molar-refractivity contribution in [2.24, 2.45) is 0 Å². The van der Waals surface area contributed by atoms with E-state index in [1.165, 1.54) is 24.0 Å². The molecule has 0 spiro atoms. The molecule has 0 fully saturated rings. The van der Waals surface area contributed by atoms with Crippen LogP contribution in [0.5, 0.6) is 11.5 Å². The zero-order chi connectivity index (χ0) is 14.8. The molecule has 0 heterocycles. The van der Waals surface area contributed by atoms with E-state index in [0.29, 0.717) is 11.5 Å². The van der Waals surface area contributed by atoms with Crippen LogP contribution in [0, 0.1) is 6.92 Å². The van der Waals surface area contributed by atoms with Gasteiger partial charge in [-0.1, -0.05) is 12.1 Å². The van der Waals surface area contributed by atoms with E-state index in [-0.39, 0.29) is 5.56 Å². The van der Waals surface area contributed by atoms with Crippen LogP contribution < -0.4 is 4.74 Å². The van der Waals surface area contributed by atoms with Crippen molar-refractivity contribution in [3.05, 3.63) is 58.7 Å². The third-order valence-electron chi connectivity index (χ3n) is 3.92. The predicted molar refractivity (Wildman–Crippen MR) is 81.3 cm³/mol. The van der Waals surface area contributed by atoms with Crippen LogP contribution in [0.1, 0.15) is 39.9 Å². The monoisotopic (exact) mass is 282 g/mol. The number of carbonyl (C=O) groups is 1. The van der Waals surface area contributed by atoms with Crippen molar-refractivity contribution < 1.29 is 14.6 Å². The number of benzene rings is 2. The molecule has 3 heteroatoms. The average molecular weight is 282 g/mol. The Morgan fingerprint density at radius 2 is 1.81 bits per heavy atom. The van der Waals surface area contributed by atoms with Crippen molar-refractivity contribution in [2.45, 2.75) is 32.6 Å². The Morgan fingerprint density at radius 3 is 2.57 bits per heavy atom. The van der Waals surface area contributed by atoms with Gasteiger partial charge in [0.25, 0.3) is 0 Å². The smallest absolute Gasteiger partial charge is 0.339 e. The highest BCUT2D eigenvalue weighted by Gasteiger charge is 2.14. The first-order valence-corrected chi connectivity index (χ1v) is 7.27. The minimum Gasteiger partial charge on any atom is -0.478 e.